The molecule has 0 unspecified atom stereocenters. The Morgan fingerprint density at radius 2 is 1.00 bits per heavy atom. The second-order valence-corrected chi connectivity index (χ2v) is 6.08. The Balaban J connectivity index is 3.11. The molecule has 0 atom stereocenters. The van der Waals surface area contributed by atoms with Crippen molar-refractivity contribution in [3.63, 3.8) is 0 Å². The van der Waals surface area contributed by atoms with Crippen LogP contribution in [-0.4, -0.2) is 26.4 Å². The van der Waals surface area contributed by atoms with Gasteiger partial charge in [0.05, 0.1) is 13.2 Å². The Morgan fingerprint density at radius 3 is 1.40 bits per heavy atom. The van der Waals surface area contributed by atoms with E-state index in [4.69, 9.17) is 9.47 Å². The van der Waals surface area contributed by atoms with Crippen LogP contribution in [0, 0.1) is 5.92 Å². The molecule has 0 aromatic heterocycles. The molecule has 0 radical (unpaired) electrons. The molecule has 0 rings (SSSR count). The van der Waals surface area contributed by atoms with Crippen molar-refractivity contribution in [2.75, 3.05) is 26.4 Å². The van der Waals surface area contributed by atoms with E-state index in [-0.39, 0.29) is 0 Å². The zero-order chi connectivity index (χ0) is 14.9. The summed E-state index contributed by atoms with van der Waals surface area (Å²) in [5.41, 5.74) is 0. The fraction of sp³-hybridized carbons (Fsp3) is 1.00. The Hall–Kier alpha value is -0.0800. The van der Waals surface area contributed by atoms with Crippen LogP contribution >= 0.6 is 0 Å². The van der Waals surface area contributed by atoms with E-state index >= 15 is 0 Å². The van der Waals surface area contributed by atoms with E-state index in [0.29, 0.717) is 5.92 Å². The monoisotopic (exact) mass is 286 g/mol. The van der Waals surface area contributed by atoms with E-state index < -0.39 is 0 Å². The van der Waals surface area contributed by atoms with Gasteiger partial charge in [-0.15, -0.1) is 0 Å². The van der Waals surface area contributed by atoms with Crippen molar-refractivity contribution in [3.8, 4) is 0 Å². The summed E-state index contributed by atoms with van der Waals surface area (Å²) in [6.45, 7) is 10.3. The Bertz CT molecular complexity index is 153. The van der Waals surface area contributed by atoms with Gasteiger partial charge >= 0.3 is 0 Å². The van der Waals surface area contributed by atoms with Crippen LogP contribution in [0.2, 0.25) is 0 Å². The number of rotatable bonds is 16. The molecule has 0 aromatic carbocycles. The van der Waals surface area contributed by atoms with Crippen molar-refractivity contribution in [2.24, 2.45) is 5.92 Å². The highest BCUT2D eigenvalue weighted by Gasteiger charge is 2.02. The van der Waals surface area contributed by atoms with Crippen LogP contribution in [0.15, 0.2) is 0 Å². The molecule has 0 aliphatic heterocycles. The summed E-state index contributed by atoms with van der Waals surface area (Å²) in [4.78, 5) is 0. The first-order valence-corrected chi connectivity index (χ1v) is 8.96. The molecule has 122 valence electrons. The van der Waals surface area contributed by atoms with Gasteiger partial charge in [0.15, 0.2) is 0 Å². The first-order chi connectivity index (χ1) is 9.81. The summed E-state index contributed by atoms with van der Waals surface area (Å²) in [5, 5.41) is 0. The summed E-state index contributed by atoms with van der Waals surface area (Å²) in [5.74, 6) is 0.529. The molecule has 0 heterocycles. The minimum Gasteiger partial charge on any atom is -0.381 e. The van der Waals surface area contributed by atoms with E-state index in [1.165, 1.54) is 64.2 Å². The predicted octanol–water partition coefficient (Wildman–Crippen LogP) is 5.60. The van der Waals surface area contributed by atoms with Crippen molar-refractivity contribution in [1.82, 2.24) is 0 Å². The Labute approximate surface area is 127 Å². The molecule has 0 amide bonds. The lowest BCUT2D eigenvalue weighted by Gasteiger charge is -2.12. The maximum atomic E-state index is 5.71. The Kier molecular flexibility index (Phi) is 16.9. The van der Waals surface area contributed by atoms with Crippen molar-refractivity contribution < 1.29 is 9.47 Å². The molecule has 0 aliphatic carbocycles. The molecule has 0 N–H and O–H groups in total. The Morgan fingerprint density at radius 1 is 0.600 bits per heavy atom. The lowest BCUT2D eigenvalue weighted by atomic mass is 10.1. The van der Waals surface area contributed by atoms with Crippen molar-refractivity contribution in [3.05, 3.63) is 0 Å². The maximum absolute atomic E-state index is 5.71. The second kappa shape index (κ2) is 17.0. The average molecular weight is 286 g/mol. The molecule has 2 nitrogen and oxygen atoms in total. The van der Waals surface area contributed by atoms with Gasteiger partial charge in [0.2, 0.25) is 0 Å². The van der Waals surface area contributed by atoms with Gasteiger partial charge in [-0.05, 0) is 12.8 Å². The first-order valence-electron chi connectivity index (χ1n) is 8.96. The minimum atomic E-state index is 0.529. The summed E-state index contributed by atoms with van der Waals surface area (Å²) in [6, 6.07) is 0. The lowest BCUT2D eigenvalue weighted by molar-refractivity contribution is 0.0433. The molecule has 0 aromatic rings. The molecule has 0 fully saturated rings. The maximum Gasteiger partial charge on any atom is 0.0513 e. The quantitative estimate of drug-likeness (QED) is 0.344. The second-order valence-electron chi connectivity index (χ2n) is 6.08. The smallest absolute Gasteiger partial charge is 0.0513 e. The fourth-order valence-corrected chi connectivity index (χ4v) is 2.23. The lowest BCUT2D eigenvalue weighted by Crippen LogP contribution is -2.14. The highest BCUT2D eigenvalue weighted by atomic mass is 16.5. The van der Waals surface area contributed by atoms with E-state index in [0.717, 1.165) is 26.4 Å². The van der Waals surface area contributed by atoms with Crippen LogP contribution in [0.4, 0.5) is 0 Å². The topological polar surface area (TPSA) is 18.5 Å². The third-order valence-electron chi connectivity index (χ3n) is 3.59. The van der Waals surface area contributed by atoms with E-state index in [1.807, 2.05) is 0 Å². The third-order valence-corrected chi connectivity index (χ3v) is 3.59. The number of unbranched alkanes of at least 4 members (excludes halogenated alkanes) is 8. The average Bonchev–Trinajstić information content (AvgIpc) is 2.45. The number of hydrogen-bond acceptors (Lipinski definition) is 2. The molecular weight excluding hydrogens is 248 g/mol. The largest absolute Gasteiger partial charge is 0.381 e. The zero-order valence-corrected chi connectivity index (χ0v) is 14.3. The number of ether oxygens (including phenoxy) is 2. The molecule has 20 heavy (non-hydrogen) atoms. The summed E-state index contributed by atoms with van der Waals surface area (Å²) >= 11 is 0. The van der Waals surface area contributed by atoms with Crippen molar-refractivity contribution in [1.29, 1.82) is 0 Å². The summed E-state index contributed by atoms with van der Waals surface area (Å²) in [6.07, 6.45) is 13.1. The van der Waals surface area contributed by atoms with Gasteiger partial charge in [0.1, 0.15) is 0 Å². The molecule has 0 saturated heterocycles. The molecule has 0 aliphatic rings. The van der Waals surface area contributed by atoms with Gasteiger partial charge in [0.25, 0.3) is 0 Å². The van der Waals surface area contributed by atoms with Crippen molar-refractivity contribution in [2.45, 2.75) is 85.0 Å². The molecular formula is C18H38O2. The van der Waals surface area contributed by atoms with E-state index in [1.54, 1.807) is 0 Å². The molecule has 2 heteroatoms. The molecule has 0 bridgehead atoms. The van der Waals surface area contributed by atoms with Crippen LogP contribution in [-0.2, 0) is 9.47 Å². The minimum absolute atomic E-state index is 0.529. The summed E-state index contributed by atoms with van der Waals surface area (Å²) in [7, 11) is 0. The van der Waals surface area contributed by atoms with Gasteiger partial charge in [-0.3, -0.25) is 0 Å². The van der Waals surface area contributed by atoms with Crippen LogP contribution in [0.25, 0.3) is 0 Å². The van der Waals surface area contributed by atoms with Crippen LogP contribution in [0.1, 0.15) is 85.0 Å². The van der Waals surface area contributed by atoms with Crippen LogP contribution in [0.5, 0.6) is 0 Å². The van der Waals surface area contributed by atoms with Gasteiger partial charge in [-0.2, -0.15) is 0 Å². The highest BCUT2D eigenvalue weighted by molar-refractivity contribution is 4.50. The normalized spacial score (nSPS) is 11.4. The van der Waals surface area contributed by atoms with E-state index in [9.17, 15) is 0 Å². The zero-order valence-electron chi connectivity index (χ0n) is 14.3. The highest BCUT2D eigenvalue weighted by Crippen LogP contribution is 2.05. The van der Waals surface area contributed by atoms with Gasteiger partial charge in [-0.25, -0.2) is 0 Å². The van der Waals surface area contributed by atoms with Gasteiger partial charge < -0.3 is 9.47 Å². The van der Waals surface area contributed by atoms with Gasteiger partial charge in [0, 0.05) is 19.1 Å². The predicted molar refractivity (Wildman–Crippen MR) is 88.3 cm³/mol. The SMILES string of the molecule is CCCCCCCOCC(C)COCCCCCCC. The van der Waals surface area contributed by atoms with Crippen LogP contribution < -0.4 is 0 Å². The third kappa shape index (κ3) is 16.0. The molecule has 0 spiro atoms. The van der Waals surface area contributed by atoms with Crippen LogP contribution in [0.3, 0.4) is 0 Å². The van der Waals surface area contributed by atoms with Gasteiger partial charge in [-0.1, -0.05) is 72.1 Å². The first kappa shape index (κ1) is 19.9. The standard InChI is InChI=1S/C18H38O2/c1-4-6-8-10-12-14-19-16-18(3)17-20-15-13-11-9-7-5-2/h18H,4-17H2,1-3H3. The number of hydrogen-bond donors (Lipinski definition) is 0. The summed E-state index contributed by atoms with van der Waals surface area (Å²) < 4.78 is 11.4. The molecule has 0 saturated carbocycles. The van der Waals surface area contributed by atoms with Crippen molar-refractivity contribution >= 4 is 0 Å². The fourth-order valence-electron chi connectivity index (χ4n) is 2.23. The van der Waals surface area contributed by atoms with E-state index in [2.05, 4.69) is 20.8 Å².